The summed E-state index contributed by atoms with van der Waals surface area (Å²) in [5.74, 6) is 1.62. The van der Waals surface area contributed by atoms with Crippen LogP contribution >= 0.6 is 23.8 Å². The number of rotatable bonds is 3. The quantitative estimate of drug-likeness (QED) is 0.111. The number of fused-ring (bicyclic) bond motifs is 2. The molecule has 0 aliphatic heterocycles. The normalized spacial score (nSPS) is 15.9. The van der Waals surface area contributed by atoms with E-state index in [1.807, 2.05) is 0 Å². The first-order chi connectivity index (χ1) is 18.4. The van der Waals surface area contributed by atoms with Gasteiger partial charge in [-0.2, -0.15) is 0 Å². The van der Waals surface area contributed by atoms with Crippen LogP contribution in [-0.2, 0) is 19.5 Å². The van der Waals surface area contributed by atoms with Crippen molar-refractivity contribution in [3.8, 4) is 0 Å². The van der Waals surface area contributed by atoms with Gasteiger partial charge in [0.2, 0.25) is 0 Å². The molecule has 0 nitrogen and oxygen atoms in total. The number of hydrogen-bond acceptors (Lipinski definition) is 0. The van der Waals surface area contributed by atoms with Crippen LogP contribution in [-0.4, -0.2) is 47.2 Å². The Kier molecular flexibility index (Phi) is 20.9. The van der Waals surface area contributed by atoms with Crippen molar-refractivity contribution in [2.45, 2.75) is 6.42 Å². The molecule has 3 aromatic carbocycles. The van der Waals surface area contributed by atoms with Gasteiger partial charge in [-0.05, 0) is 74.2 Å². The van der Waals surface area contributed by atoms with Crippen molar-refractivity contribution in [3.63, 3.8) is 0 Å². The molecular formula is C31H41BF4P3Rh-. The van der Waals surface area contributed by atoms with Crippen molar-refractivity contribution < 1.29 is 36.7 Å². The van der Waals surface area contributed by atoms with Crippen molar-refractivity contribution in [1.29, 1.82) is 0 Å². The fraction of sp³-hybridized carbons (Fsp3) is 0.290. The van der Waals surface area contributed by atoms with Gasteiger partial charge >= 0.3 is 7.25 Å². The molecule has 2 bridgehead atoms. The fourth-order valence-electron chi connectivity index (χ4n) is 3.51. The maximum Gasteiger partial charge on any atom is 0.673 e. The third kappa shape index (κ3) is 19.8. The molecule has 0 saturated carbocycles. The SMILES string of the molecule is C1=CC2C=CC1C2.CP(C)c1ccccc1.CP(C)c1ccccc1.CP(C)c1ccccc1.F[B-](F)(F)F.[Rh]. The molecule has 0 fully saturated rings. The molecule has 0 aromatic heterocycles. The maximum absolute atomic E-state index is 9.75. The van der Waals surface area contributed by atoms with E-state index in [1.54, 1.807) is 0 Å². The number of halogens is 4. The smallest absolute Gasteiger partial charge is 0.418 e. The number of benzene rings is 3. The van der Waals surface area contributed by atoms with E-state index >= 15 is 0 Å². The third-order valence-electron chi connectivity index (χ3n) is 5.57. The summed E-state index contributed by atoms with van der Waals surface area (Å²) in [7, 11) is -5.69. The minimum Gasteiger partial charge on any atom is -0.418 e. The molecule has 0 N–H and O–H groups in total. The Hall–Kier alpha value is -1.16. The van der Waals surface area contributed by atoms with Gasteiger partial charge < -0.3 is 17.3 Å². The van der Waals surface area contributed by atoms with E-state index in [0.717, 1.165) is 11.8 Å². The zero-order chi connectivity index (χ0) is 29.3. The van der Waals surface area contributed by atoms with Crippen LogP contribution in [0.25, 0.3) is 0 Å². The van der Waals surface area contributed by atoms with Crippen molar-refractivity contribution >= 4 is 46.9 Å². The minimum absolute atomic E-state index is 0. The second-order valence-electron chi connectivity index (χ2n) is 9.52. The van der Waals surface area contributed by atoms with Crippen LogP contribution in [0.2, 0.25) is 0 Å². The van der Waals surface area contributed by atoms with Crippen molar-refractivity contribution in [3.05, 3.63) is 115 Å². The maximum atomic E-state index is 9.75. The van der Waals surface area contributed by atoms with E-state index in [-0.39, 0.29) is 43.2 Å². The first-order valence-electron chi connectivity index (χ1n) is 12.8. The van der Waals surface area contributed by atoms with Gasteiger partial charge in [-0.15, -0.1) is 0 Å². The zero-order valence-electron chi connectivity index (χ0n) is 24.1. The topological polar surface area (TPSA) is 0 Å². The summed E-state index contributed by atoms with van der Waals surface area (Å²) < 4.78 is 39.0. The summed E-state index contributed by atoms with van der Waals surface area (Å²) in [6.07, 6.45) is 10.5. The minimum atomic E-state index is -6.00. The first-order valence-corrected chi connectivity index (χ1v) is 19.5. The third-order valence-corrected chi connectivity index (χ3v) is 9.57. The van der Waals surface area contributed by atoms with Crippen LogP contribution in [0.1, 0.15) is 6.42 Å². The van der Waals surface area contributed by atoms with Gasteiger partial charge in [0, 0.05) is 19.5 Å². The molecule has 2 aliphatic carbocycles. The summed E-state index contributed by atoms with van der Waals surface area (Å²) in [4.78, 5) is 0. The Labute approximate surface area is 256 Å². The van der Waals surface area contributed by atoms with E-state index in [4.69, 9.17) is 0 Å². The Morgan fingerprint density at radius 3 is 0.775 bits per heavy atom. The van der Waals surface area contributed by atoms with E-state index in [9.17, 15) is 17.3 Å². The van der Waals surface area contributed by atoms with Crippen LogP contribution in [0, 0.1) is 11.8 Å². The van der Waals surface area contributed by atoms with Crippen LogP contribution < -0.4 is 15.9 Å². The molecule has 0 unspecified atom stereocenters. The summed E-state index contributed by atoms with van der Waals surface area (Å²) in [6.45, 7) is 13.6. The van der Waals surface area contributed by atoms with Crippen LogP contribution in [0.15, 0.2) is 115 Å². The summed E-state index contributed by atoms with van der Waals surface area (Å²) >= 11 is 0. The van der Waals surface area contributed by atoms with Gasteiger partial charge in [0.15, 0.2) is 0 Å². The second-order valence-corrected chi connectivity index (χ2v) is 16.4. The molecule has 221 valence electrons. The van der Waals surface area contributed by atoms with E-state index in [1.165, 1.54) is 22.3 Å². The van der Waals surface area contributed by atoms with Gasteiger partial charge in [-0.25, -0.2) is 0 Å². The van der Waals surface area contributed by atoms with Gasteiger partial charge in [0.25, 0.3) is 0 Å². The summed E-state index contributed by atoms with van der Waals surface area (Å²) in [5, 5.41) is 4.44. The Bertz CT molecular complexity index is 941. The van der Waals surface area contributed by atoms with Crippen molar-refractivity contribution in [2.24, 2.45) is 11.8 Å². The molecule has 9 heteroatoms. The molecule has 2 aliphatic rings. The fourth-order valence-corrected chi connectivity index (χ4v) is 5.81. The molecule has 0 amide bonds. The first kappa shape index (κ1) is 38.8. The van der Waals surface area contributed by atoms with Gasteiger partial charge in [0.1, 0.15) is 0 Å². The molecule has 1 radical (unpaired) electrons. The molecule has 40 heavy (non-hydrogen) atoms. The molecule has 0 atom stereocenters. The van der Waals surface area contributed by atoms with Crippen molar-refractivity contribution in [1.82, 2.24) is 0 Å². The summed E-state index contributed by atoms with van der Waals surface area (Å²) in [5.41, 5.74) is 0. The van der Waals surface area contributed by atoms with E-state index < -0.39 is 7.25 Å². The van der Waals surface area contributed by atoms with E-state index in [0.29, 0.717) is 0 Å². The predicted molar refractivity (Wildman–Crippen MR) is 175 cm³/mol. The number of hydrogen-bond donors (Lipinski definition) is 0. The second kappa shape index (κ2) is 21.5. The Morgan fingerprint density at radius 2 is 0.675 bits per heavy atom. The predicted octanol–water partition coefficient (Wildman–Crippen LogP) is 9.21. The largest absolute Gasteiger partial charge is 0.673 e. The van der Waals surface area contributed by atoms with E-state index in [2.05, 4.69) is 155 Å². The van der Waals surface area contributed by atoms with Crippen LogP contribution in [0.3, 0.4) is 0 Å². The zero-order valence-corrected chi connectivity index (χ0v) is 28.4. The number of allylic oxidation sites excluding steroid dienone is 4. The average Bonchev–Trinajstić information content (AvgIpc) is 3.57. The Balaban J connectivity index is 0.000000479. The van der Waals surface area contributed by atoms with Gasteiger partial charge in [-0.1, -0.05) is 139 Å². The molecule has 0 spiro atoms. The van der Waals surface area contributed by atoms with Crippen LogP contribution in [0.5, 0.6) is 0 Å². The molecular weight excluding hydrogens is 655 g/mol. The Morgan fingerprint density at radius 1 is 0.475 bits per heavy atom. The van der Waals surface area contributed by atoms with Crippen LogP contribution in [0.4, 0.5) is 17.3 Å². The van der Waals surface area contributed by atoms with Gasteiger partial charge in [-0.3, -0.25) is 0 Å². The van der Waals surface area contributed by atoms with Gasteiger partial charge in [0.05, 0.1) is 0 Å². The molecule has 5 rings (SSSR count). The molecule has 3 aromatic rings. The average molecular weight is 696 g/mol. The molecule has 0 heterocycles. The monoisotopic (exact) mass is 696 g/mol. The molecule has 0 saturated heterocycles. The summed E-state index contributed by atoms with van der Waals surface area (Å²) in [6, 6.07) is 31.9. The van der Waals surface area contributed by atoms with Crippen molar-refractivity contribution in [2.75, 3.05) is 40.0 Å². The standard InChI is InChI=1S/3C8H11P.C7H8.BF4.Rh/c3*1-9(2)8-6-4-3-5-7-8;1-2-7-4-3-6(1)5-7;2-1(3,4)5;/h3*3-7H,1-2H3;1-4,6-7H,5H2;;/q;;;;-1;.